The van der Waals surface area contributed by atoms with Gasteiger partial charge in [-0.1, -0.05) is 161 Å². The molecule has 0 fully saturated rings. The molecule has 0 saturated heterocycles. The van der Waals surface area contributed by atoms with Gasteiger partial charge in [0, 0.05) is 22.9 Å². The summed E-state index contributed by atoms with van der Waals surface area (Å²) in [6, 6.07) is 30.3. The van der Waals surface area contributed by atoms with E-state index >= 15 is 0 Å². The average Bonchev–Trinajstić information content (AvgIpc) is 3.19. The number of rotatable bonds is 4. The molecule has 0 unspecified atom stereocenters. The van der Waals surface area contributed by atoms with Crippen molar-refractivity contribution in [1.29, 1.82) is 0 Å². The minimum absolute atomic E-state index is 0.00285. The van der Waals surface area contributed by atoms with Crippen LogP contribution in [-0.4, -0.2) is 9.97 Å². The number of nitrogens with zero attached hydrogens (tertiary/aromatic N) is 2. The van der Waals surface area contributed by atoms with Crippen LogP contribution in [0.3, 0.4) is 0 Å². The van der Waals surface area contributed by atoms with Crippen molar-refractivity contribution in [2.45, 2.75) is 157 Å². The molecule has 2 heterocycles. The van der Waals surface area contributed by atoms with E-state index in [1.165, 1.54) is 44.5 Å². The highest BCUT2D eigenvalue weighted by molar-refractivity contribution is 5.78. The maximum atomic E-state index is 5.45. The van der Waals surface area contributed by atoms with E-state index in [0.29, 0.717) is 0 Å². The van der Waals surface area contributed by atoms with Crippen molar-refractivity contribution in [3.63, 3.8) is 0 Å². The molecule has 0 aliphatic heterocycles. The first-order valence-corrected chi connectivity index (χ1v) is 20.5. The summed E-state index contributed by atoms with van der Waals surface area (Å²) in [7, 11) is 0. The molecule has 0 saturated carbocycles. The van der Waals surface area contributed by atoms with Crippen molar-refractivity contribution in [2.75, 3.05) is 0 Å². The van der Waals surface area contributed by atoms with E-state index in [1.807, 2.05) is 6.20 Å². The summed E-state index contributed by atoms with van der Waals surface area (Å²) in [5.41, 5.74) is 17.1. The number of benzene rings is 3. The van der Waals surface area contributed by atoms with Gasteiger partial charge in [0.25, 0.3) is 0 Å². The lowest BCUT2D eigenvalue weighted by Crippen LogP contribution is -2.42. The zero-order valence-electron chi connectivity index (χ0n) is 37.5. The first-order valence-electron chi connectivity index (χ1n) is 20.5. The summed E-state index contributed by atoms with van der Waals surface area (Å²) in [5, 5.41) is 0. The van der Waals surface area contributed by atoms with Gasteiger partial charge in [-0.3, -0.25) is 4.98 Å². The Morgan fingerprint density at radius 2 is 0.764 bits per heavy atom. The van der Waals surface area contributed by atoms with Crippen LogP contribution in [0, 0.1) is 5.41 Å². The van der Waals surface area contributed by atoms with Crippen molar-refractivity contribution in [3.8, 4) is 44.9 Å². The molecule has 290 valence electrons. The van der Waals surface area contributed by atoms with Gasteiger partial charge in [-0.25, -0.2) is 4.98 Å². The van der Waals surface area contributed by atoms with Crippen LogP contribution >= 0.6 is 0 Å². The molecule has 0 N–H and O–H groups in total. The van der Waals surface area contributed by atoms with E-state index in [4.69, 9.17) is 9.97 Å². The highest BCUT2D eigenvalue weighted by Gasteiger charge is 2.56. The smallest absolute Gasteiger partial charge is 0.0731 e. The van der Waals surface area contributed by atoms with Gasteiger partial charge in [-0.15, -0.1) is 0 Å². The molecule has 1 aliphatic rings. The number of fused-ring (bicyclic) bond motifs is 1. The number of hydrogen-bond acceptors (Lipinski definition) is 2. The molecular weight excluding hydrogens is 665 g/mol. The van der Waals surface area contributed by atoms with Crippen LogP contribution in [0.2, 0.25) is 0 Å². The first kappa shape index (κ1) is 40.6. The summed E-state index contributed by atoms with van der Waals surface area (Å²) >= 11 is 0. The van der Waals surface area contributed by atoms with Gasteiger partial charge < -0.3 is 0 Å². The monoisotopic (exact) mass is 733 g/mol. The van der Waals surface area contributed by atoms with Crippen LogP contribution < -0.4 is 0 Å². The fourth-order valence-electron chi connectivity index (χ4n) is 8.23. The number of pyridine rings is 2. The molecule has 5 aromatic rings. The van der Waals surface area contributed by atoms with Crippen LogP contribution in [0.4, 0.5) is 0 Å². The van der Waals surface area contributed by atoms with E-state index in [1.54, 1.807) is 0 Å². The third-order valence-corrected chi connectivity index (χ3v) is 13.6. The summed E-state index contributed by atoms with van der Waals surface area (Å²) in [6.45, 7) is 42.1. The molecule has 2 heteroatoms. The summed E-state index contributed by atoms with van der Waals surface area (Å²) in [4.78, 5) is 10.6. The van der Waals surface area contributed by atoms with Crippen molar-refractivity contribution < 1.29 is 0 Å². The Hall–Kier alpha value is -4.04. The quantitative estimate of drug-likeness (QED) is 0.184. The molecule has 1 aliphatic carbocycles. The molecule has 55 heavy (non-hydrogen) atoms. The largest absolute Gasteiger partial charge is 0.256 e. The van der Waals surface area contributed by atoms with E-state index in [-0.39, 0.29) is 37.9 Å². The molecular formula is C53H68N2. The Morgan fingerprint density at radius 3 is 1.20 bits per heavy atom. The predicted octanol–water partition coefficient (Wildman–Crippen LogP) is 14.9. The van der Waals surface area contributed by atoms with Gasteiger partial charge in [0.15, 0.2) is 0 Å². The van der Waals surface area contributed by atoms with Crippen molar-refractivity contribution >= 4 is 0 Å². The minimum Gasteiger partial charge on any atom is -0.256 e. The normalized spacial score (nSPS) is 16.6. The van der Waals surface area contributed by atoms with Crippen LogP contribution in [0.15, 0.2) is 85.1 Å². The third-order valence-electron chi connectivity index (χ3n) is 13.6. The Bertz CT molecular complexity index is 2090. The molecule has 0 bridgehead atoms. The van der Waals surface area contributed by atoms with Gasteiger partial charge >= 0.3 is 0 Å². The molecule has 0 atom stereocenters. The van der Waals surface area contributed by atoms with Crippen molar-refractivity contribution in [3.05, 3.63) is 118 Å². The molecule has 0 spiro atoms. The number of hydrogen-bond donors (Lipinski definition) is 0. The second-order valence-corrected chi connectivity index (χ2v) is 22.3. The van der Waals surface area contributed by atoms with Crippen LogP contribution in [0.25, 0.3) is 44.9 Å². The van der Waals surface area contributed by atoms with Gasteiger partial charge in [0.2, 0.25) is 0 Å². The van der Waals surface area contributed by atoms with Crippen molar-refractivity contribution in [1.82, 2.24) is 9.97 Å². The van der Waals surface area contributed by atoms with Crippen LogP contribution in [0.1, 0.15) is 158 Å². The standard InChI is InChI=1S/C53H68N2/c1-47(2,3)38-23-35(24-39(30-38)48(4,5)6)36-28-45(55-46(29-36)37-25-40(49(7,8)9)31-41(26-37)50(10,11)12)34-20-22-44(54-32-34)33-19-21-42-43(27-33)52(15,16)53(17,18)51(42,13)14/h19-32H,1-18H3. The summed E-state index contributed by atoms with van der Waals surface area (Å²) in [6.07, 6.45) is 2.02. The van der Waals surface area contributed by atoms with Gasteiger partial charge in [0.05, 0.1) is 17.1 Å². The third kappa shape index (κ3) is 7.36. The van der Waals surface area contributed by atoms with E-state index in [9.17, 15) is 0 Å². The highest BCUT2D eigenvalue weighted by Crippen LogP contribution is 2.61. The Labute approximate surface area is 334 Å². The lowest BCUT2D eigenvalue weighted by atomic mass is 9.59. The molecule has 6 rings (SSSR count). The zero-order chi connectivity index (χ0) is 40.9. The second kappa shape index (κ2) is 13.0. The Kier molecular flexibility index (Phi) is 9.60. The van der Waals surface area contributed by atoms with Crippen LogP contribution in [0.5, 0.6) is 0 Å². The maximum Gasteiger partial charge on any atom is 0.0731 e. The highest BCUT2D eigenvalue weighted by atomic mass is 14.7. The average molecular weight is 733 g/mol. The van der Waals surface area contributed by atoms with E-state index in [0.717, 1.165) is 33.8 Å². The van der Waals surface area contributed by atoms with E-state index in [2.05, 4.69) is 203 Å². The lowest BCUT2D eigenvalue weighted by Gasteiger charge is -2.44. The fraction of sp³-hybridized carbons (Fsp3) is 0.472. The molecule has 2 nitrogen and oxygen atoms in total. The van der Waals surface area contributed by atoms with Crippen LogP contribution in [-0.2, 0) is 32.5 Å². The summed E-state index contributed by atoms with van der Waals surface area (Å²) < 4.78 is 0. The molecule has 0 radical (unpaired) electrons. The minimum atomic E-state index is -0.00285. The van der Waals surface area contributed by atoms with Gasteiger partial charge in [0.1, 0.15) is 0 Å². The maximum absolute atomic E-state index is 5.45. The molecule has 2 aromatic heterocycles. The zero-order valence-corrected chi connectivity index (χ0v) is 37.5. The molecule has 3 aromatic carbocycles. The Balaban J connectivity index is 1.54. The van der Waals surface area contributed by atoms with Gasteiger partial charge in [-0.2, -0.15) is 0 Å². The summed E-state index contributed by atoms with van der Waals surface area (Å²) in [5.74, 6) is 0. The first-order chi connectivity index (χ1) is 25.0. The fourth-order valence-corrected chi connectivity index (χ4v) is 8.23. The Morgan fingerprint density at radius 1 is 0.364 bits per heavy atom. The topological polar surface area (TPSA) is 25.8 Å². The SMILES string of the molecule is CC(C)(C)c1cc(-c2cc(-c3ccc(-c4ccc5c(c4)C(C)(C)C(C)(C)C5(C)C)nc3)nc(-c3cc(C(C)(C)C)cc(C(C)(C)C)c3)c2)cc(C(C)(C)C)c1. The number of aromatic nitrogens is 2. The van der Waals surface area contributed by atoms with Gasteiger partial charge in [-0.05, 0) is 125 Å². The molecule has 0 amide bonds. The van der Waals surface area contributed by atoms with E-state index < -0.39 is 0 Å². The lowest BCUT2D eigenvalue weighted by molar-refractivity contribution is 0.125. The van der Waals surface area contributed by atoms with Crippen molar-refractivity contribution in [2.24, 2.45) is 5.41 Å². The predicted molar refractivity (Wildman–Crippen MR) is 238 cm³/mol. The second-order valence-electron chi connectivity index (χ2n) is 22.3.